The van der Waals surface area contributed by atoms with E-state index in [1.165, 1.54) is 32.1 Å². The van der Waals surface area contributed by atoms with Crippen LogP contribution in [0.25, 0.3) is 0 Å². The number of carbonyl (C=O) groups is 1. The summed E-state index contributed by atoms with van der Waals surface area (Å²) in [5.74, 6) is 0.887. The number of aliphatic hydroxyl groups is 1. The van der Waals surface area contributed by atoms with Crippen LogP contribution in [0, 0.1) is 5.92 Å². The van der Waals surface area contributed by atoms with Crippen molar-refractivity contribution in [3.05, 3.63) is 11.9 Å². The first-order valence-electron chi connectivity index (χ1n) is 7.55. The Labute approximate surface area is 118 Å². The van der Waals surface area contributed by atoms with Gasteiger partial charge in [0.15, 0.2) is 0 Å². The third-order valence-corrected chi connectivity index (χ3v) is 4.50. The highest BCUT2D eigenvalue weighted by molar-refractivity contribution is 5.77. The van der Waals surface area contributed by atoms with Crippen LogP contribution in [0.5, 0.6) is 0 Å². The summed E-state index contributed by atoms with van der Waals surface area (Å²) in [6.45, 7) is 1.36. The molecule has 0 radical (unpaired) electrons. The number of amides is 1. The van der Waals surface area contributed by atoms with Gasteiger partial charge < -0.3 is 10.0 Å². The molecule has 0 spiro atoms. The molecule has 1 saturated heterocycles. The minimum atomic E-state index is -0.0863. The molecule has 0 unspecified atom stereocenters. The predicted octanol–water partition coefficient (Wildman–Crippen LogP) is 1.12. The lowest BCUT2D eigenvalue weighted by Gasteiger charge is -2.39. The zero-order valence-corrected chi connectivity index (χ0v) is 11.7. The highest BCUT2D eigenvalue weighted by Crippen LogP contribution is 2.29. The van der Waals surface area contributed by atoms with Crippen LogP contribution in [0.1, 0.15) is 50.3 Å². The molecule has 1 N–H and O–H groups in total. The molecule has 1 aliphatic carbocycles. The van der Waals surface area contributed by atoms with Gasteiger partial charge in [0.05, 0.1) is 18.8 Å². The largest absolute Gasteiger partial charge is 0.390 e. The first-order chi connectivity index (χ1) is 9.76. The maximum atomic E-state index is 12.2. The summed E-state index contributed by atoms with van der Waals surface area (Å²) in [7, 11) is 0. The first kappa shape index (κ1) is 13.5. The lowest BCUT2D eigenvalue weighted by atomic mass is 9.86. The molecular formula is C14H22N4O2. The smallest absolute Gasteiger partial charge is 0.222 e. The third kappa shape index (κ3) is 2.85. The van der Waals surface area contributed by atoms with Gasteiger partial charge in [-0.25, -0.2) is 4.68 Å². The molecular weight excluding hydrogens is 256 g/mol. The standard InChI is InChI=1S/C14H22N4O2/c19-10-12-7-18(16-15-12)13-8-17(9-13)14(20)6-11-4-2-1-3-5-11/h7,11,13,19H,1-6,8-10H2. The van der Waals surface area contributed by atoms with Crippen molar-refractivity contribution in [3.8, 4) is 0 Å². The molecule has 1 aliphatic heterocycles. The lowest BCUT2D eigenvalue weighted by molar-refractivity contribution is -0.138. The van der Waals surface area contributed by atoms with Gasteiger partial charge in [0.2, 0.25) is 5.91 Å². The Kier molecular flexibility index (Phi) is 4.00. The average Bonchev–Trinajstić information content (AvgIpc) is 2.87. The fourth-order valence-corrected chi connectivity index (χ4v) is 3.16. The van der Waals surface area contributed by atoms with E-state index in [-0.39, 0.29) is 18.6 Å². The van der Waals surface area contributed by atoms with Gasteiger partial charge >= 0.3 is 0 Å². The summed E-state index contributed by atoms with van der Waals surface area (Å²) in [6, 6.07) is 0.220. The van der Waals surface area contributed by atoms with Crippen LogP contribution >= 0.6 is 0 Å². The van der Waals surface area contributed by atoms with Gasteiger partial charge in [-0.15, -0.1) is 5.10 Å². The van der Waals surface area contributed by atoms with Crippen molar-refractivity contribution in [2.75, 3.05) is 13.1 Å². The maximum absolute atomic E-state index is 12.2. The number of rotatable bonds is 4. The van der Waals surface area contributed by atoms with E-state index < -0.39 is 0 Å². The SMILES string of the molecule is O=C(CC1CCCCC1)N1CC(n2cc(CO)nn2)C1. The van der Waals surface area contributed by atoms with Crippen molar-refractivity contribution >= 4 is 5.91 Å². The molecule has 0 bridgehead atoms. The first-order valence-corrected chi connectivity index (χ1v) is 7.55. The summed E-state index contributed by atoms with van der Waals surface area (Å²) in [5, 5.41) is 16.8. The van der Waals surface area contributed by atoms with Gasteiger partial charge in [0, 0.05) is 19.5 Å². The van der Waals surface area contributed by atoms with Crippen molar-refractivity contribution in [2.45, 2.75) is 51.2 Å². The molecule has 6 nitrogen and oxygen atoms in total. The van der Waals surface area contributed by atoms with Gasteiger partial charge in [-0.1, -0.05) is 24.5 Å². The summed E-state index contributed by atoms with van der Waals surface area (Å²) in [4.78, 5) is 14.1. The molecule has 0 aromatic carbocycles. The molecule has 2 fully saturated rings. The second kappa shape index (κ2) is 5.91. The van der Waals surface area contributed by atoms with E-state index in [4.69, 9.17) is 5.11 Å². The second-order valence-electron chi connectivity index (χ2n) is 6.01. The third-order valence-electron chi connectivity index (χ3n) is 4.50. The fourth-order valence-electron chi connectivity index (χ4n) is 3.16. The number of aliphatic hydroxyl groups excluding tert-OH is 1. The molecule has 3 rings (SSSR count). The summed E-state index contributed by atoms with van der Waals surface area (Å²) < 4.78 is 1.76. The van der Waals surface area contributed by atoms with Gasteiger partial charge in [0.25, 0.3) is 0 Å². The van der Waals surface area contributed by atoms with Crippen LogP contribution in [0.4, 0.5) is 0 Å². The Morgan fingerprint density at radius 2 is 2.05 bits per heavy atom. The van der Waals surface area contributed by atoms with Gasteiger partial charge in [-0.2, -0.15) is 0 Å². The van der Waals surface area contributed by atoms with Gasteiger partial charge in [0.1, 0.15) is 5.69 Å². The Morgan fingerprint density at radius 3 is 2.70 bits per heavy atom. The van der Waals surface area contributed by atoms with E-state index >= 15 is 0 Å². The zero-order chi connectivity index (χ0) is 13.9. The fraction of sp³-hybridized carbons (Fsp3) is 0.786. The molecule has 1 saturated carbocycles. The minimum Gasteiger partial charge on any atom is -0.390 e. The van der Waals surface area contributed by atoms with Crippen LogP contribution in [-0.2, 0) is 11.4 Å². The van der Waals surface area contributed by atoms with E-state index in [1.807, 2.05) is 4.90 Å². The lowest BCUT2D eigenvalue weighted by Crippen LogP contribution is -2.51. The van der Waals surface area contributed by atoms with Crippen molar-refractivity contribution in [3.63, 3.8) is 0 Å². The van der Waals surface area contributed by atoms with Crippen molar-refractivity contribution in [1.82, 2.24) is 19.9 Å². The predicted molar refractivity (Wildman–Crippen MR) is 72.8 cm³/mol. The Morgan fingerprint density at radius 1 is 1.30 bits per heavy atom. The maximum Gasteiger partial charge on any atom is 0.222 e. The number of hydrogen-bond donors (Lipinski definition) is 1. The number of nitrogens with zero attached hydrogens (tertiary/aromatic N) is 4. The highest BCUT2D eigenvalue weighted by atomic mass is 16.3. The molecule has 1 amide bonds. The van der Waals surface area contributed by atoms with E-state index in [0.29, 0.717) is 18.0 Å². The van der Waals surface area contributed by atoms with Crippen LogP contribution < -0.4 is 0 Å². The Bertz CT molecular complexity index is 461. The van der Waals surface area contributed by atoms with E-state index in [2.05, 4.69) is 10.3 Å². The molecule has 1 aromatic rings. The molecule has 20 heavy (non-hydrogen) atoms. The zero-order valence-electron chi connectivity index (χ0n) is 11.7. The number of likely N-dealkylation sites (tertiary alicyclic amines) is 1. The number of carbonyl (C=O) groups excluding carboxylic acids is 1. The van der Waals surface area contributed by atoms with Gasteiger partial charge in [-0.3, -0.25) is 4.79 Å². The average molecular weight is 278 g/mol. The Hall–Kier alpha value is -1.43. The van der Waals surface area contributed by atoms with E-state index in [0.717, 1.165) is 13.1 Å². The van der Waals surface area contributed by atoms with Crippen molar-refractivity contribution in [1.29, 1.82) is 0 Å². The quantitative estimate of drug-likeness (QED) is 0.896. The summed E-state index contributed by atoms with van der Waals surface area (Å²) in [6.07, 6.45) is 8.79. The van der Waals surface area contributed by atoms with Crippen LogP contribution in [0.3, 0.4) is 0 Å². The van der Waals surface area contributed by atoms with E-state index in [1.54, 1.807) is 10.9 Å². The minimum absolute atomic E-state index is 0.0863. The second-order valence-corrected chi connectivity index (χ2v) is 6.01. The Balaban J connectivity index is 1.45. The highest BCUT2D eigenvalue weighted by Gasteiger charge is 2.33. The summed E-state index contributed by atoms with van der Waals surface area (Å²) >= 11 is 0. The normalized spacial score (nSPS) is 20.9. The van der Waals surface area contributed by atoms with Crippen molar-refractivity contribution < 1.29 is 9.90 Å². The van der Waals surface area contributed by atoms with Crippen LogP contribution in [-0.4, -0.2) is 44.0 Å². The monoisotopic (exact) mass is 278 g/mol. The summed E-state index contributed by atoms with van der Waals surface area (Å²) in [5.41, 5.74) is 0.581. The topological polar surface area (TPSA) is 71.2 Å². The van der Waals surface area contributed by atoms with Crippen molar-refractivity contribution in [2.24, 2.45) is 5.92 Å². The van der Waals surface area contributed by atoms with Gasteiger partial charge in [-0.05, 0) is 18.8 Å². The number of hydrogen-bond acceptors (Lipinski definition) is 4. The molecule has 2 heterocycles. The molecule has 6 heteroatoms. The number of aromatic nitrogens is 3. The molecule has 110 valence electrons. The molecule has 1 aromatic heterocycles. The van der Waals surface area contributed by atoms with Crippen LogP contribution in [0.2, 0.25) is 0 Å². The van der Waals surface area contributed by atoms with E-state index in [9.17, 15) is 4.79 Å². The molecule has 0 atom stereocenters. The van der Waals surface area contributed by atoms with Crippen LogP contribution in [0.15, 0.2) is 6.20 Å². The molecule has 2 aliphatic rings.